The van der Waals surface area contributed by atoms with E-state index in [9.17, 15) is 0 Å². The number of hydrogen-bond acceptors (Lipinski definition) is 2. The van der Waals surface area contributed by atoms with Crippen LogP contribution in [0.15, 0.2) is 121 Å². The molecule has 8 bridgehead atoms. The van der Waals surface area contributed by atoms with Crippen molar-refractivity contribution < 1.29 is 0 Å². The van der Waals surface area contributed by atoms with Crippen LogP contribution in [-0.2, 0) is 21.7 Å². The minimum Gasteiger partial charge on any atom is -0.135 e. The number of unbranched alkanes of at least 4 members (excludes halogenated alkanes) is 6. The van der Waals surface area contributed by atoms with Crippen molar-refractivity contribution in [2.45, 2.75) is 309 Å². The van der Waals surface area contributed by atoms with Gasteiger partial charge in [0.25, 0.3) is 0 Å². The van der Waals surface area contributed by atoms with Crippen LogP contribution in [0, 0.1) is 80.8 Å². The van der Waals surface area contributed by atoms with Crippen LogP contribution in [0.25, 0.3) is 96.0 Å². The molecule has 0 amide bonds. The lowest BCUT2D eigenvalue weighted by Crippen LogP contribution is -2.46. The van der Waals surface area contributed by atoms with Gasteiger partial charge in [0.05, 0.1) is 0 Å². The van der Waals surface area contributed by atoms with Gasteiger partial charge in [-0.1, -0.05) is 191 Å². The van der Waals surface area contributed by atoms with E-state index < -0.39 is 0 Å². The molecule has 12 aliphatic carbocycles. The summed E-state index contributed by atoms with van der Waals surface area (Å²) in [6.07, 6.45) is 44.1. The topological polar surface area (TPSA) is 0 Å². The van der Waals surface area contributed by atoms with Gasteiger partial charge in [0.15, 0.2) is 0 Å². The normalized spacial score (nSPS) is 33.0. The van der Waals surface area contributed by atoms with Gasteiger partial charge in [-0.05, 0) is 374 Å². The second kappa shape index (κ2) is 24.0. The second-order valence-electron chi connectivity index (χ2n) is 39.6. The molecule has 2 aromatic heterocycles. The first-order valence-electron chi connectivity index (χ1n) is 45.2. The molecular formula is C108H118S2. The van der Waals surface area contributed by atoms with E-state index in [0.717, 1.165) is 0 Å². The van der Waals surface area contributed by atoms with Gasteiger partial charge in [-0.15, -0.1) is 34.5 Å². The van der Waals surface area contributed by atoms with Crippen LogP contribution < -0.4 is 0 Å². The molecule has 0 nitrogen and oxygen atoms in total. The van der Waals surface area contributed by atoms with Gasteiger partial charge in [-0.25, -0.2) is 0 Å². The van der Waals surface area contributed by atoms with Gasteiger partial charge in [-0.2, -0.15) is 0 Å². The number of hydrogen-bond donors (Lipinski definition) is 0. The maximum atomic E-state index is 4.36. The summed E-state index contributed by atoms with van der Waals surface area (Å²) in [7, 11) is 0. The Kier molecular flexibility index (Phi) is 15.3. The van der Waals surface area contributed by atoms with E-state index in [1.54, 1.807) is 77.9 Å². The molecule has 0 radical (unpaired) electrons. The van der Waals surface area contributed by atoms with Crippen molar-refractivity contribution in [3.8, 4) is 79.3 Å². The van der Waals surface area contributed by atoms with Crippen molar-refractivity contribution in [2.75, 3.05) is 0 Å². The molecule has 10 aromatic rings. The van der Waals surface area contributed by atoms with Crippen LogP contribution in [0.5, 0.6) is 0 Å². The van der Waals surface area contributed by atoms with E-state index in [-0.39, 0.29) is 65.0 Å². The van der Waals surface area contributed by atoms with Gasteiger partial charge in [-0.3, -0.25) is 0 Å². The van der Waals surface area contributed by atoms with Crippen LogP contribution >= 0.6 is 22.7 Å². The first kappa shape index (κ1) is 70.0. The third-order valence-electron chi connectivity index (χ3n) is 35.9. The zero-order valence-electron chi connectivity index (χ0n) is 68.4. The van der Waals surface area contributed by atoms with E-state index in [1.165, 1.54) is 292 Å². The molecule has 0 aliphatic heterocycles. The van der Waals surface area contributed by atoms with Gasteiger partial charge in [0, 0.05) is 72.8 Å². The number of benzene rings is 8. The maximum Gasteiger partial charge on any atom is 0.0457 e. The lowest BCUT2D eigenvalue weighted by Gasteiger charge is -2.49. The Balaban J connectivity index is 0.757. The molecule has 2 heterocycles. The largest absolute Gasteiger partial charge is 0.135 e. The molecule has 2 heteroatoms. The molecular weight excluding hydrogens is 1360 g/mol. The Bertz CT molecular complexity index is 5680. The second-order valence-corrected chi connectivity index (χ2v) is 41.8. The Morgan fingerprint density at radius 2 is 0.582 bits per heavy atom. The van der Waals surface area contributed by atoms with Crippen molar-refractivity contribution in [3.05, 3.63) is 177 Å². The minimum absolute atomic E-state index is 0.0206. The quantitative estimate of drug-likeness (QED) is 0.0559. The average Bonchev–Trinajstić information content (AvgIpc) is 1.46. The van der Waals surface area contributed by atoms with Gasteiger partial charge >= 0.3 is 0 Å². The molecule has 8 fully saturated rings. The van der Waals surface area contributed by atoms with Crippen LogP contribution in [0.4, 0.5) is 0 Å². The Morgan fingerprint density at radius 1 is 0.264 bits per heavy atom. The molecule has 2 unspecified atom stereocenters. The Labute approximate surface area is 667 Å². The summed E-state index contributed by atoms with van der Waals surface area (Å²) in [6.45, 7) is 24.0. The summed E-state index contributed by atoms with van der Waals surface area (Å²) in [4.78, 5) is 0. The molecule has 22 rings (SSSR count). The highest BCUT2D eigenvalue weighted by molar-refractivity contribution is 7.26. The van der Waals surface area contributed by atoms with Crippen molar-refractivity contribution in [1.82, 2.24) is 0 Å². The lowest BCUT2D eigenvalue weighted by atomic mass is 9.53. The molecule has 12 aliphatic rings. The molecule has 4 spiro atoms. The monoisotopic (exact) mass is 1480 g/mol. The third kappa shape index (κ3) is 7.90. The van der Waals surface area contributed by atoms with E-state index >= 15 is 0 Å². The predicted octanol–water partition coefficient (Wildman–Crippen LogP) is 31.2. The number of rotatable bonds is 19. The fraction of sp³-hybridized carbons (Fsp3) is 0.519. The highest BCUT2D eigenvalue weighted by Crippen LogP contribution is 2.87. The van der Waals surface area contributed by atoms with Gasteiger partial charge in [0.2, 0.25) is 0 Å². The SMILES string of the molecule is CC#CC12CCC(CCCCCC)(CC1)C21c2cc3c(cc2-c2cc4c(cc21)-c1ccc(-c2ccc5c(c2)sc2cc6c(cc25)C2(c5cc7c(cc5-6)sc5cc(C)ccc57)C5(C#CC)CCC2(CCCCCC)CC5)cc1C41C2(CCC)CCC1(CCC)CC2)C1(c2cc(C)ccc2-3)C2(CCC)CCC1(CCC)CC2. The molecule has 562 valence electrons. The zero-order valence-corrected chi connectivity index (χ0v) is 70.0. The molecule has 110 heavy (non-hydrogen) atoms. The molecule has 0 saturated heterocycles. The van der Waals surface area contributed by atoms with Gasteiger partial charge < -0.3 is 0 Å². The molecule has 2 atom stereocenters. The van der Waals surface area contributed by atoms with Gasteiger partial charge in [0.1, 0.15) is 0 Å². The van der Waals surface area contributed by atoms with E-state index in [4.69, 9.17) is 0 Å². The van der Waals surface area contributed by atoms with Crippen molar-refractivity contribution in [1.29, 1.82) is 0 Å². The smallest absolute Gasteiger partial charge is 0.0457 e. The Hall–Kier alpha value is -6.68. The summed E-state index contributed by atoms with van der Waals surface area (Å²) in [5, 5.41) is 5.77. The van der Waals surface area contributed by atoms with Crippen LogP contribution in [0.3, 0.4) is 0 Å². The standard InChI is InChI=1S/C108H118S2/c1-11-19-21-23-39-103-53-49-101(37-17-7,50-54-103)107(103)89-61-77-73-29-25-69(9)57-85(73)105(97(33-13-3)41-43-98(105,34-14-4)44-42-97)87(77)63-79(89)80-64-88-78(62-90(80)107)74-31-27-71(59-86(74)106(88)99(35-15-5)45-47-100(106,36-16-6)48-46-99)72-28-32-76-84-66-92-82(68-96(84)110-94(76)60-72)81-67-95-83(75-30-26-70(10)58-93(75)109-95)65-91(81)108(92)102(38-18-8)51-55-104(108,56-52-102)40-24-22-20-12-2/h25-32,57-68H,11-16,19-24,33-36,39-56H2,1-10H3. The van der Waals surface area contributed by atoms with Crippen LogP contribution in [-0.4, -0.2) is 0 Å². The molecule has 0 N–H and O–H groups in total. The third-order valence-corrected chi connectivity index (χ3v) is 38.2. The summed E-state index contributed by atoms with van der Waals surface area (Å²) < 4.78 is 5.72. The fourth-order valence-electron chi connectivity index (χ4n) is 32.9. The molecule has 8 aromatic carbocycles. The van der Waals surface area contributed by atoms with E-state index in [0.29, 0.717) is 0 Å². The summed E-state index contributed by atoms with van der Waals surface area (Å²) in [5.74, 6) is 16.0. The summed E-state index contributed by atoms with van der Waals surface area (Å²) in [6, 6.07) is 54.2. The van der Waals surface area contributed by atoms with Crippen LogP contribution in [0.1, 0.15) is 329 Å². The number of aryl methyl sites for hydroxylation is 2. The summed E-state index contributed by atoms with van der Waals surface area (Å²) in [5.41, 5.74) is 32.4. The van der Waals surface area contributed by atoms with Crippen LogP contribution in [0.2, 0.25) is 0 Å². The van der Waals surface area contributed by atoms with Crippen molar-refractivity contribution in [3.63, 3.8) is 0 Å². The van der Waals surface area contributed by atoms with E-state index in [2.05, 4.69) is 226 Å². The zero-order chi connectivity index (χ0) is 74.6. The highest BCUT2D eigenvalue weighted by atomic mass is 32.1. The van der Waals surface area contributed by atoms with Crippen molar-refractivity contribution >= 4 is 63.0 Å². The summed E-state index contributed by atoms with van der Waals surface area (Å²) >= 11 is 4.08. The minimum atomic E-state index is -0.194. The predicted molar refractivity (Wildman–Crippen MR) is 469 cm³/mol. The first-order chi connectivity index (χ1) is 53.6. The first-order valence-corrected chi connectivity index (χ1v) is 46.8. The number of fused-ring (bicyclic) bond motifs is 18. The highest BCUT2D eigenvalue weighted by Gasteiger charge is 2.80. The molecule has 8 saturated carbocycles. The lowest BCUT2D eigenvalue weighted by molar-refractivity contribution is 0.152. The Morgan fingerprint density at radius 3 is 1.02 bits per heavy atom. The maximum absolute atomic E-state index is 4.36. The number of thiophene rings is 2. The fourth-order valence-corrected chi connectivity index (χ4v) is 35.3. The van der Waals surface area contributed by atoms with E-state index in [1.807, 2.05) is 11.3 Å². The van der Waals surface area contributed by atoms with Crippen molar-refractivity contribution in [2.24, 2.45) is 43.3 Å². The average molecular weight is 1480 g/mol.